The summed E-state index contributed by atoms with van der Waals surface area (Å²) >= 11 is 0. The van der Waals surface area contributed by atoms with Crippen LogP contribution in [0.1, 0.15) is 40.0 Å². The van der Waals surface area contributed by atoms with Crippen LogP contribution in [0.25, 0.3) is 0 Å². The molecule has 0 saturated carbocycles. The fourth-order valence-electron chi connectivity index (χ4n) is 1.60. The van der Waals surface area contributed by atoms with Crippen LogP contribution in [0.4, 0.5) is 0 Å². The van der Waals surface area contributed by atoms with Gasteiger partial charge in [0, 0.05) is 0 Å². The van der Waals surface area contributed by atoms with Crippen LogP contribution in [0.3, 0.4) is 0 Å². The highest BCUT2D eigenvalue weighted by atomic mass is 16.4. The second kappa shape index (κ2) is 6.63. The Balaban J connectivity index is 3.85. The van der Waals surface area contributed by atoms with Crippen LogP contribution in [0.2, 0.25) is 0 Å². The van der Waals surface area contributed by atoms with E-state index in [4.69, 9.17) is 5.11 Å². The summed E-state index contributed by atoms with van der Waals surface area (Å²) in [5.74, 6) is -0.0771. The normalized spacial score (nSPS) is 17.1. The number of allylic oxidation sites excluding steroid dienone is 1. The van der Waals surface area contributed by atoms with Crippen molar-refractivity contribution in [3.63, 3.8) is 0 Å². The van der Waals surface area contributed by atoms with Gasteiger partial charge in [-0.25, -0.2) is 0 Å². The lowest BCUT2D eigenvalue weighted by Gasteiger charge is -2.19. The first-order chi connectivity index (χ1) is 6.49. The molecule has 2 unspecified atom stereocenters. The molecule has 3 atom stereocenters. The van der Waals surface area contributed by atoms with Crippen LogP contribution < -0.4 is 0 Å². The molecule has 0 saturated heterocycles. The summed E-state index contributed by atoms with van der Waals surface area (Å²) in [6, 6.07) is 0. The van der Waals surface area contributed by atoms with Gasteiger partial charge in [0.15, 0.2) is 0 Å². The minimum Gasteiger partial charge on any atom is -0.481 e. The standard InChI is InChI=1S/C12H22O2/c1-5-6-7-9(2)8-10(3)11(4)12(13)14/h5,9-11H,1,6-8H2,2-4H3,(H,13,14)/t9?,10-,11?/m1/s1. The first kappa shape index (κ1) is 13.2. The molecule has 0 heterocycles. The monoisotopic (exact) mass is 198 g/mol. The summed E-state index contributed by atoms with van der Waals surface area (Å²) < 4.78 is 0. The van der Waals surface area contributed by atoms with Crippen LogP contribution in [-0.4, -0.2) is 11.1 Å². The molecule has 0 fully saturated rings. The Bertz CT molecular complexity index is 187. The summed E-state index contributed by atoms with van der Waals surface area (Å²) in [5.41, 5.74) is 0. The van der Waals surface area contributed by atoms with Crippen LogP contribution in [-0.2, 0) is 4.79 Å². The van der Waals surface area contributed by atoms with Crippen molar-refractivity contribution >= 4 is 5.97 Å². The van der Waals surface area contributed by atoms with Crippen LogP contribution in [0.5, 0.6) is 0 Å². The molecule has 0 aliphatic carbocycles. The quantitative estimate of drug-likeness (QED) is 0.637. The Hall–Kier alpha value is -0.790. The molecular formula is C12H22O2. The summed E-state index contributed by atoms with van der Waals surface area (Å²) in [5, 5.41) is 8.83. The van der Waals surface area contributed by atoms with Gasteiger partial charge in [-0.05, 0) is 31.1 Å². The minimum absolute atomic E-state index is 0.235. The van der Waals surface area contributed by atoms with Crippen molar-refractivity contribution in [3.05, 3.63) is 12.7 Å². The maximum atomic E-state index is 10.7. The van der Waals surface area contributed by atoms with Crippen molar-refractivity contribution in [1.82, 2.24) is 0 Å². The SMILES string of the molecule is C=CCCC(C)C[C@@H](C)C(C)C(=O)O. The first-order valence-corrected chi connectivity index (χ1v) is 5.32. The smallest absolute Gasteiger partial charge is 0.306 e. The third-order valence-electron chi connectivity index (χ3n) is 2.88. The molecule has 14 heavy (non-hydrogen) atoms. The Morgan fingerprint density at radius 1 is 1.43 bits per heavy atom. The molecule has 0 aliphatic rings. The van der Waals surface area contributed by atoms with E-state index in [1.165, 1.54) is 0 Å². The van der Waals surface area contributed by atoms with Gasteiger partial charge in [-0.15, -0.1) is 6.58 Å². The lowest BCUT2D eigenvalue weighted by Crippen LogP contribution is -2.20. The highest BCUT2D eigenvalue weighted by molar-refractivity contribution is 5.69. The molecule has 1 N–H and O–H groups in total. The van der Waals surface area contributed by atoms with Gasteiger partial charge in [-0.2, -0.15) is 0 Å². The van der Waals surface area contributed by atoms with Gasteiger partial charge in [0.25, 0.3) is 0 Å². The van der Waals surface area contributed by atoms with E-state index in [1.807, 2.05) is 13.0 Å². The zero-order chi connectivity index (χ0) is 11.1. The number of aliphatic carboxylic acids is 1. The van der Waals surface area contributed by atoms with Gasteiger partial charge in [0.05, 0.1) is 5.92 Å². The van der Waals surface area contributed by atoms with Gasteiger partial charge in [0.2, 0.25) is 0 Å². The van der Waals surface area contributed by atoms with E-state index in [1.54, 1.807) is 6.92 Å². The first-order valence-electron chi connectivity index (χ1n) is 5.32. The molecular weight excluding hydrogens is 176 g/mol. The van der Waals surface area contributed by atoms with Crippen molar-refractivity contribution in [1.29, 1.82) is 0 Å². The van der Waals surface area contributed by atoms with Crippen LogP contribution in [0.15, 0.2) is 12.7 Å². The molecule has 0 aromatic carbocycles. The van der Waals surface area contributed by atoms with Gasteiger partial charge < -0.3 is 5.11 Å². The lowest BCUT2D eigenvalue weighted by molar-refractivity contribution is -0.142. The molecule has 82 valence electrons. The topological polar surface area (TPSA) is 37.3 Å². The number of rotatable bonds is 7. The zero-order valence-corrected chi connectivity index (χ0v) is 9.49. The number of hydrogen-bond donors (Lipinski definition) is 1. The van der Waals surface area contributed by atoms with Crippen molar-refractivity contribution in [3.8, 4) is 0 Å². The zero-order valence-electron chi connectivity index (χ0n) is 9.49. The molecule has 0 radical (unpaired) electrons. The third-order valence-corrected chi connectivity index (χ3v) is 2.88. The van der Waals surface area contributed by atoms with E-state index in [9.17, 15) is 4.79 Å². The Morgan fingerprint density at radius 3 is 2.43 bits per heavy atom. The number of carboxylic acids is 1. The van der Waals surface area contributed by atoms with E-state index >= 15 is 0 Å². The minimum atomic E-state index is -0.687. The largest absolute Gasteiger partial charge is 0.481 e. The van der Waals surface area contributed by atoms with Gasteiger partial charge in [-0.3, -0.25) is 4.79 Å². The summed E-state index contributed by atoms with van der Waals surface area (Å²) in [6.07, 6.45) is 5.04. The fourth-order valence-corrected chi connectivity index (χ4v) is 1.60. The highest BCUT2D eigenvalue weighted by Gasteiger charge is 2.20. The average molecular weight is 198 g/mol. The molecule has 0 bridgehead atoms. The molecule has 0 aromatic heterocycles. The maximum absolute atomic E-state index is 10.7. The number of carbonyl (C=O) groups is 1. The van der Waals surface area contributed by atoms with Crippen molar-refractivity contribution in [2.45, 2.75) is 40.0 Å². The van der Waals surface area contributed by atoms with E-state index < -0.39 is 5.97 Å². The van der Waals surface area contributed by atoms with Crippen LogP contribution >= 0.6 is 0 Å². The number of hydrogen-bond acceptors (Lipinski definition) is 1. The molecule has 0 rings (SSSR count). The molecule has 2 nitrogen and oxygen atoms in total. The van der Waals surface area contributed by atoms with E-state index in [0.717, 1.165) is 19.3 Å². The Kier molecular flexibility index (Phi) is 6.26. The van der Waals surface area contributed by atoms with E-state index in [0.29, 0.717) is 5.92 Å². The molecule has 0 aliphatic heterocycles. The van der Waals surface area contributed by atoms with Crippen molar-refractivity contribution in [2.75, 3.05) is 0 Å². The molecule has 0 aromatic rings. The summed E-state index contributed by atoms with van der Waals surface area (Å²) in [6.45, 7) is 9.66. The number of carboxylic acid groups (broad SMARTS) is 1. The van der Waals surface area contributed by atoms with Gasteiger partial charge >= 0.3 is 5.97 Å². The molecule has 0 spiro atoms. The fraction of sp³-hybridized carbons (Fsp3) is 0.750. The Morgan fingerprint density at radius 2 is 2.00 bits per heavy atom. The van der Waals surface area contributed by atoms with Crippen molar-refractivity contribution in [2.24, 2.45) is 17.8 Å². The van der Waals surface area contributed by atoms with Gasteiger partial charge in [0.1, 0.15) is 0 Å². The van der Waals surface area contributed by atoms with Crippen LogP contribution in [0, 0.1) is 17.8 Å². The second-order valence-corrected chi connectivity index (χ2v) is 4.31. The predicted molar refractivity (Wildman–Crippen MR) is 59.2 cm³/mol. The maximum Gasteiger partial charge on any atom is 0.306 e. The van der Waals surface area contributed by atoms with E-state index in [-0.39, 0.29) is 11.8 Å². The summed E-state index contributed by atoms with van der Waals surface area (Å²) in [4.78, 5) is 10.7. The second-order valence-electron chi connectivity index (χ2n) is 4.31. The predicted octanol–water partition coefficient (Wildman–Crippen LogP) is 3.34. The van der Waals surface area contributed by atoms with Crippen molar-refractivity contribution < 1.29 is 9.90 Å². The highest BCUT2D eigenvalue weighted by Crippen LogP contribution is 2.23. The van der Waals surface area contributed by atoms with Gasteiger partial charge in [-0.1, -0.05) is 26.8 Å². The molecule has 2 heteroatoms. The Labute approximate surface area is 87.0 Å². The van der Waals surface area contributed by atoms with E-state index in [2.05, 4.69) is 13.5 Å². The molecule has 0 amide bonds. The summed E-state index contributed by atoms with van der Waals surface area (Å²) in [7, 11) is 0. The third kappa shape index (κ3) is 5.05. The average Bonchev–Trinajstić information content (AvgIpc) is 2.13. The lowest BCUT2D eigenvalue weighted by atomic mass is 9.86.